The van der Waals surface area contributed by atoms with Crippen LogP contribution in [0.5, 0.6) is 0 Å². The zero-order valence-electron chi connectivity index (χ0n) is 11.0. The number of hydrogen-bond acceptors (Lipinski definition) is 4. The average Bonchev–Trinajstić information content (AvgIpc) is 2.53. The molecule has 0 spiro atoms. The molecule has 0 saturated heterocycles. The molecule has 1 aliphatic rings. The van der Waals surface area contributed by atoms with Gasteiger partial charge in [0, 0.05) is 24.5 Å². The molecule has 102 valence electrons. The van der Waals surface area contributed by atoms with Crippen LogP contribution in [-0.2, 0) is 17.8 Å². The molecule has 0 amide bonds. The monoisotopic (exact) mass is 268 g/mol. The second kappa shape index (κ2) is 5.53. The first-order chi connectivity index (χ1) is 9.81. The van der Waals surface area contributed by atoms with Gasteiger partial charge in [-0.2, -0.15) is 0 Å². The van der Waals surface area contributed by atoms with Crippen molar-refractivity contribution < 1.29 is 9.90 Å². The van der Waals surface area contributed by atoms with E-state index in [1.165, 1.54) is 5.56 Å². The molecule has 2 aromatic rings. The van der Waals surface area contributed by atoms with Crippen molar-refractivity contribution in [1.82, 2.24) is 10.3 Å². The highest BCUT2D eigenvalue weighted by Crippen LogP contribution is 2.27. The number of hydrogen-bond donors (Lipinski definition) is 2. The van der Waals surface area contributed by atoms with Crippen LogP contribution >= 0.6 is 0 Å². The van der Waals surface area contributed by atoms with Gasteiger partial charge in [0.2, 0.25) is 0 Å². The van der Waals surface area contributed by atoms with Crippen molar-refractivity contribution in [3.05, 3.63) is 53.3 Å². The second-order valence-corrected chi connectivity index (χ2v) is 4.97. The Balaban J connectivity index is 2.01. The van der Waals surface area contributed by atoms with Gasteiger partial charge in [-0.3, -0.25) is 4.98 Å². The summed E-state index contributed by atoms with van der Waals surface area (Å²) in [7, 11) is 0. The maximum atomic E-state index is 11.1. The number of nitrogens with one attached hydrogen (secondary N) is 1. The number of rotatable bonds is 3. The molecule has 20 heavy (non-hydrogen) atoms. The van der Waals surface area contributed by atoms with Gasteiger partial charge < -0.3 is 15.2 Å². The Bertz CT molecular complexity index is 640. The van der Waals surface area contributed by atoms with E-state index in [-0.39, 0.29) is 12.6 Å². The lowest BCUT2D eigenvalue weighted by Crippen LogP contribution is -2.30. The van der Waals surface area contributed by atoms with E-state index in [1.54, 1.807) is 12.4 Å². The van der Waals surface area contributed by atoms with E-state index in [9.17, 15) is 9.90 Å². The standard InChI is InChI=1S/C16H16N2O2/c19-9-11-5-14(8-17-7-11)12-1-2-15-13(6-12)3-4-18-16(15)10-20/h1-2,5-8,10,16,18-19H,3-4,9H2. The summed E-state index contributed by atoms with van der Waals surface area (Å²) < 4.78 is 0. The molecule has 0 radical (unpaired) electrons. The summed E-state index contributed by atoms with van der Waals surface area (Å²) in [4.78, 5) is 15.2. The third-order valence-corrected chi connectivity index (χ3v) is 3.68. The maximum absolute atomic E-state index is 11.1. The minimum atomic E-state index is -0.199. The number of carbonyl (C=O) groups excluding carboxylic acids is 1. The van der Waals surface area contributed by atoms with Gasteiger partial charge in [0.15, 0.2) is 0 Å². The van der Waals surface area contributed by atoms with E-state index in [2.05, 4.69) is 16.4 Å². The van der Waals surface area contributed by atoms with Gasteiger partial charge in [-0.1, -0.05) is 18.2 Å². The third-order valence-electron chi connectivity index (χ3n) is 3.68. The molecule has 1 aromatic carbocycles. The van der Waals surface area contributed by atoms with Gasteiger partial charge in [0.25, 0.3) is 0 Å². The largest absolute Gasteiger partial charge is 0.392 e. The highest BCUT2D eigenvalue weighted by atomic mass is 16.3. The Hall–Kier alpha value is -2.04. The average molecular weight is 268 g/mol. The van der Waals surface area contributed by atoms with Crippen molar-refractivity contribution in [1.29, 1.82) is 0 Å². The molecule has 0 aliphatic carbocycles. The van der Waals surface area contributed by atoms with Gasteiger partial charge in [-0.05, 0) is 34.7 Å². The lowest BCUT2D eigenvalue weighted by Gasteiger charge is -2.23. The molecule has 1 aliphatic heterocycles. The first-order valence-corrected chi connectivity index (χ1v) is 6.68. The van der Waals surface area contributed by atoms with Crippen molar-refractivity contribution in [2.24, 2.45) is 0 Å². The number of aromatic nitrogens is 1. The van der Waals surface area contributed by atoms with Crippen LogP contribution in [0.1, 0.15) is 22.7 Å². The Labute approximate surface area is 117 Å². The molecule has 2 N–H and O–H groups in total. The lowest BCUT2D eigenvalue weighted by molar-refractivity contribution is -0.109. The number of aliphatic hydroxyl groups excluding tert-OH is 1. The fraction of sp³-hybridized carbons (Fsp3) is 0.250. The van der Waals surface area contributed by atoms with Gasteiger partial charge in [-0.15, -0.1) is 0 Å². The molecule has 0 fully saturated rings. The van der Waals surface area contributed by atoms with Crippen LogP contribution in [-0.4, -0.2) is 22.9 Å². The predicted octanol–water partition coefficient (Wildman–Crippen LogP) is 1.63. The van der Waals surface area contributed by atoms with Crippen molar-refractivity contribution in [3.63, 3.8) is 0 Å². The number of pyridine rings is 1. The number of fused-ring (bicyclic) bond motifs is 1. The second-order valence-electron chi connectivity index (χ2n) is 4.97. The van der Waals surface area contributed by atoms with Crippen LogP contribution in [0.4, 0.5) is 0 Å². The molecule has 1 aromatic heterocycles. The fourth-order valence-electron chi connectivity index (χ4n) is 2.63. The summed E-state index contributed by atoms with van der Waals surface area (Å²) in [5.74, 6) is 0. The van der Waals surface area contributed by atoms with Crippen molar-refractivity contribution in [2.45, 2.75) is 19.1 Å². The van der Waals surface area contributed by atoms with Gasteiger partial charge in [0.05, 0.1) is 12.6 Å². The molecule has 1 unspecified atom stereocenters. The summed E-state index contributed by atoms with van der Waals surface area (Å²) in [6.45, 7) is 0.803. The SMILES string of the molecule is O=CC1NCCc2cc(-c3cncc(CO)c3)ccc21. The summed E-state index contributed by atoms with van der Waals surface area (Å²) >= 11 is 0. The van der Waals surface area contributed by atoms with Crippen LogP contribution in [0.2, 0.25) is 0 Å². The Morgan fingerprint density at radius 3 is 3.00 bits per heavy atom. The van der Waals surface area contributed by atoms with Crippen molar-refractivity contribution >= 4 is 6.29 Å². The van der Waals surface area contributed by atoms with Crippen LogP contribution in [0, 0.1) is 0 Å². The first-order valence-electron chi connectivity index (χ1n) is 6.68. The van der Waals surface area contributed by atoms with E-state index in [0.717, 1.165) is 41.5 Å². The molecule has 0 saturated carbocycles. The number of aliphatic hydroxyl groups is 1. The zero-order valence-corrected chi connectivity index (χ0v) is 11.0. The molecule has 3 rings (SSSR count). The van der Waals surface area contributed by atoms with E-state index in [0.29, 0.717) is 0 Å². The smallest absolute Gasteiger partial charge is 0.141 e. The number of nitrogens with zero attached hydrogens (tertiary/aromatic N) is 1. The van der Waals surface area contributed by atoms with E-state index < -0.39 is 0 Å². The van der Waals surface area contributed by atoms with E-state index in [1.807, 2.05) is 18.2 Å². The Morgan fingerprint density at radius 1 is 1.30 bits per heavy atom. The normalized spacial score (nSPS) is 17.6. The van der Waals surface area contributed by atoms with Crippen LogP contribution in [0.15, 0.2) is 36.7 Å². The maximum Gasteiger partial charge on any atom is 0.141 e. The predicted molar refractivity (Wildman–Crippen MR) is 76.1 cm³/mol. The molecule has 1 atom stereocenters. The fourth-order valence-corrected chi connectivity index (χ4v) is 2.63. The van der Waals surface area contributed by atoms with E-state index in [4.69, 9.17) is 0 Å². The van der Waals surface area contributed by atoms with Gasteiger partial charge in [-0.25, -0.2) is 0 Å². The van der Waals surface area contributed by atoms with Crippen LogP contribution in [0.3, 0.4) is 0 Å². The highest BCUT2D eigenvalue weighted by molar-refractivity contribution is 5.69. The molecule has 4 heteroatoms. The minimum Gasteiger partial charge on any atom is -0.392 e. The van der Waals surface area contributed by atoms with Crippen molar-refractivity contribution in [3.8, 4) is 11.1 Å². The lowest BCUT2D eigenvalue weighted by atomic mass is 9.91. The molecular weight excluding hydrogens is 252 g/mol. The summed E-state index contributed by atoms with van der Waals surface area (Å²) in [5, 5.41) is 12.4. The van der Waals surface area contributed by atoms with Crippen molar-refractivity contribution in [2.75, 3.05) is 6.54 Å². The zero-order chi connectivity index (χ0) is 13.9. The van der Waals surface area contributed by atoms with Crippen LogP contribution < -0.4 is 5.32 Å². The Morgan fingerprint density at radius 2 is 2.20 bits per heavy atom. The quantitative estimate of drug-likeness (QED) is 0.831. The first kappa shape index (κ1) is 13.0. The number of aldehydes is 1. The van der Waals surface area contributed by atoms with Gasteiger partial charge >= 0.3 is 0 Å². The van der Waals surface area contributed by atoms with E-state index >= 15 is 0 Å². The molecule has 4 nitrogen and oxygen atoms in total. The Kier molecular flexibility index (Phi) is 3.58. The summed E-state index contributed by atoms with van der Waals surface area (Å²) in [6.07, 6.45) is 5.32. The van der Waals surface area contributed by atoms with Crippen LogP contribution in [0.25, 0.3) is 11.1 Å². The van der Waals surface area contributed by atoms with Gasteiger partial charge in [0.1, 0.15) is 6.29 Å². The number of benzene rings is 1. The topological polar surface area (TPSA) is 62.2 Å². The molecule has 2 heterocycles. The summed E-state index contributed by atoms with van der Waals surface area (Å²) in [5.41, 5.74) is 5.11. The molecular formula is C16H16N2O2. The minimum absolute atomic E-state index is 0.0110. The number of carbonyl (C=O) groups is 1. The molecule has 0 bridgehead atoms. The highest BCUT2D eigenvalue weighted by Gasteiger charge is 2.19. The summed E-state index contributed by atoms with van der Waals surface area (Å²) in [6, 6.07) is 7.86. The third kappa shape index (κ3) is 2.35.